The zero-order valence-corrected chi connectivity index (χ0v) is 22.1. The number of ether oxygens (including phenoxy) is 4. The summed E-state index contributed by atoms with van der Waals surface area (Å²) in [6.07, 6.45) is 7.49. The fourth-order valence-corrected chi connectivity index (χ4v) is 4.62. The number of rotatable bonds is 11. The third kappa shape index (κ3) is 6.13. The number of Topliss-reactive ketones (excluding diaryl/α,β-unsaturated/α-hetero) is 1. The summed E-state index contributed by atoms with van der Waals surface area (Å²) in [5.41, 5.74) is 2.72. The molecular weight excluding hydrogens is 500 g/mol. The van der Waals surface area contributed by atoms with E-state index in [1.807, 2.05) is 37.3 Å². The molecular formula is C29H32N4O6. The highest BCUT2D eigenvalue weighted by molar-refractivity contribution is 6.26. The zero-order chi connectivity index (χ0) is 27.2. The SMILES string of the molecule is COCCOC(=O)C1=C(Nc2ccc(OCCN3CCCC3)cc2C)O/C(=C\c2c[nH]c3ncccc23)C1=O. The molecule has 1 saturated heterocycles. The molecule has 39 heavy (non-hydrogen) atoms. The van der Waals surface area contributed by atoms with Gasteiger partial charge in [-0.25, -0.2) is 9.78 Å². The van der Waals surface area contributed by atoms with Crippen LogP contribution in [0.4, 0.5) is 5.69 Å². The second-order valence-electron chi connectivity index (χ2n) is 9.42. The summed E-state index contributed by atoms with van der Waals surface area (Å²) in [6.45, 7) is 5.91. The number of carbonyl (C=O) groups is 2. The molecule has 10 heteroatoms. The van der Waals surface area contributed by atoms with Crippen LogP contribution in [-0.4, -0.2) is 73.2 Å². The Bertz CT molecular complexity index is 1420. The van der Waals surface area contributed by atoms with Gasteiger partial charge in [0.25, 0.3) is 0 Å². The Kier molecular flexibility index (Phi) is 8.24. The van der Waals surface area contributed by atoms with Crippen LogP contribution in [0.1, 0.15) is 24.0 Å². The fourth-order valence-electron chi connectivity index (χ4n) is 4.62. The normalized spacial score (nSPS) is 16.8. The first kappa shape index (κ1) is 26.5. The van der Waals surface area contributed by atoms with Crippen molar-refractivity contribution in [1.82, 2.24) is 14.9 Å². The van der Waals surface area contributed by atoms with E-state index in [0.29, 0.717) is 23.5 Å². The number of allylic oxidation sites excluding steroid dienone is 1. The van der Waals surface area contributed by atoms with E-state index in [1.165, 1.54) is 20.0 Å². The summed E-state index contributed by atoms with van der Waals surface area (Å²) in [7, 11) is 1.50. The minimum atomic E-state index is -0.789. The largest absolute Gasteiger partial charge is 0.492 e. The van der Waals surface area contributed by atoms with E-state index in [0.717, 1.165) is 36.3 Å². The lowest BCUT2D eigenvalue weighted by molar-refractivity contribution is -0.141. The molecule has 2 N–H and O–H groups in total. The number of pyridine rings is 1. The van der Waals surface area contributed by atoms with Gasteiger partial charge in [0.1, 0.15) is 24.6 Å². The molecule has 0 aliphatic carbocycles. The molecule has 0 unspecified atom stereocenters. The van der Waals surface area contributed by atoms with Gasteiger partial charge < -0.3 is 29.2 Å². The van der Waals surface area contributed by atoms with Gasteiger partial charge in [-0.3, -0.25) is 9.69 Å². The van der Waals surface area contributed by atoms with E-state index in [4.69, 9.17) is 18.9 Å². The molecule has 3 aromatic rings. The molecule has 0 saturated carbocycles. The minimum absolute atomic E-state index is 0.000429. The van der Waals surface area contributed by atoms with Gasteiger partial charge in [-0.05, 0) is 74.8 Å². The highest BCUT2D eigenvalue weighted by atomic mass is 16.6. The number of esters is 1. The quantitative estimate of drug-likeness (QED) is 0.165. The number of ketones is 1. The van der Waals surface area contributed by atoms with Crippen LogP contribution in [0.15, 0.2) is 59.9 Å². The first-order chi connectivity index (χ1) is 19.0. The Morgan fingerprint density at radius 3 is 2.85 bits per heavy atom. The Hall–Kier alpha value is -4.15. The topological polar surface area (TPSA) is 115 Å². The summed E-state index contributed by atoms with van der Waals surface area (Å²) in [5.74, 6) is -0.596. The average Bonchev–Trinajstić information content (AvgIpc) is 3.66. The number of aromatic amines is 1. The van der Waals surface area contributed by atoms with Crippen LogP contribution in [0, 0.1) is 6.92 Å². The van der Waals surface area contributed by atoms with Crippen molar-refractivity contribution in [3.8, 4) is 5.75 Å². The van der Waals surface area contributed by atoms with Gasteiger partial charge in [0, 0.05) is 42.7 Å². The van der Waals surface area contributed by atoms with Crippen molar-refractivity contribution < 1.29 is 28.5 Å². The van der Waals surface area contributed by atoms with Crippen molar-refractivity contribution in [1.29, 1.82) is 0 Å². The van der Waals surface area contributed by atoms with Crippen LogP contribution >= 0.6 is 0 Å². The van der Waals surface area contributed by atoms with Crippen molar-refractivity contribution in [2.45, 2.75) is 19.8 Å². The van der Waals surface area contributed by atoms with Gasteiger partial charge in [-0.15, -0.1) is 0 Å². The lowest BCUT2D eigenvalue weighted by atomic mass is 10.1. The number of H-pyrrole nitrogens is 1. The maximum absolute atomic E-state index is 13.3. The van der Waals surface area contributed by atoms with E-state index >= 15 is 0 Å². The monoisotopic (exact) mass is 532 g/mol. The summed E-state index contributed by atoms with van der Waals surface area (Å²) in [4.78, 5) is 36.0. The van der Waals surface area contributed by atoms with Gasteiger partial charge in [0.15, 0.2) is 11.3 Å². The van der Waals surface area contributed by atoms with Crippen molar-refractivity contribution in [3.05, 3.63) is 71.1 Å². The highest BCUT2D eigenvalue weighted by Crippen LogP contribution is 2.32. The van der Waals surface area contributed by atoms with Crippen LogP contribution in [0.25, 0.3) is 17.1 Å². The first-order valence-electron chi connectivity index (χ1n) is 13.0. The summed E-state index contributed by atoms with van der Waals surface area (Å²) in [5, 5.41) is 3.94. The Morgan fingerprint density at radius 1 is 1.21 bits per heavy atom. The Morgan fingerprint density at radius 2 is 2.05 bits per heavy atom. The van der Waals surface area contributed by atoms with Crippen molar-refractivity contribution in [3.63, 3.8) is 0 Å². The summed E-state index contributed by atoms with van der Waals surface area (Å²) < 4.78 is 22.1. The van der Waals surface area contributed by atoms with Crippen molar-refractivity contribution in [2.24, 2.45) is 0 Å². The summed E-state index contributed by atoms with van der Waals surface area (Å²) in [6, 6.07) is 9.29. The molecule has 1 aromatic carbocycles. The molecule has 0 atom stereocenters. The van der Waals surface area contributed by atoms with Gasteiger partial charge in [0.2, 0.25) is 11.7 Å². The highest BCUT2D eigenvalue weighted by Gasteiger charge is 2.37. The third-order valence-corrected chi connectivity index (χ3v) is 6.71. The smallest absolute Gasteiger partial charge is 0.347 e. The van der Waals surface area contributed by atoms with E-state index in [9.17, 15) is 9.59 Å². The van der Waals surface area contributed by atoms with Gasteiger partial charge >= 0.3 is 5.97 Å². The number of hydrogen-bond acceptors (Lipinski definition) is 9. The number of benzene rings is 1. The number of anilines is 1. The minimum Gasteiger partial charge on any atom is -0.492 e. The lowest BCUT2D eigenvalue weighted by Crippen LogP contribution is -2.25. The van der Waals surface area contributed by atoms with Gasteiger partial charge in [-0.2, -0.15) is 0 Å². The first-order valence-corrected chi connectivity index (χ1v) is 13.0. The second-order valence-corrected chi connectivity index (χ2v) is 9.42. The molecule has 2 aliphatic rings. The Labute approximate surface area is 226 Å². The predicted molar refractivity (Wildman–Crippen MR) is 146 cm³/mol. The molecule has 0 bridgehead atoms. The molecule has 204 valence electrons. The lowest BCUT2D eigenvalue weighted by Gasteiger charge is -2.16. The number of carbonyl (C=O) groups excluding carboxylic acids is 2. The van der Waals surface area contributed by atoms with Gasteiger partial charge in [-0.1, -0.05) is 0 Å². The number of likely N-dealkylation sites (tertiary alicyclic amines) is 1. The van der Waals surface area contributed by atoms with Crippen LogP contribution in [0.5, 0.6) is 5.75 Å². The predicted octanol–water partition coefficient (Wildman–Crippen LogP) is 3.80. The molecule has 0 radical (unpaired) electrons. The molecule has 0 spiro atoms. The standard InChI is InChI=1S/C29H32N4O6/c1-19-16-21(37-13-12-33-10-3-4-11-33)7-8-23(19)32-28-25(29(35)38-15-14-36-2)26(34)24(39-28)17-20-18-31-27-22(20)6-5-9-30-27/h5-9,16-18,32H,3-4,10-15H2,1-2H3,(H,30,31)/b24-17-. The number of nitrogens with zero attached hydrogens (tertiary/aromatic N) is 2. The molecule has 4 heterocycles. The zero-order valence-electron chi connectivity index (χ0n) is 22.1. The number of aromatic nitrogens is 2. The Balaban J connectivity index is 1.35. The third-order valence-electron chi connectivity index (χ3n) is 6.71. The van der Waals surface area contributed by atoms with Crippen LogP contribution < -0.4 is 10.1 Å². The van der Waals surface area contributed by atoms with E-state index in [-0.39, 0.29) is 30.4 Å². The number of methoxy groups -OCH3 is 1. The number of aryl methyl sites for hydroxylation is 1. The molecule has 5 rings (SSSR count). The molecule has 1 fully saturated rings. The fraction of sp³-hybridized carbons (Fsp3) is 0.345. The molecule has 0 amide bonds. The molecule has 10 nitrogen and oxygen atoms in total. The maximum Gasteiger partial charge on any atom is 0.347 e. The van der Waals surface area contributed by atoms with Crippen molar-refractivity contribution in [2.75, 3.05) is 51.9 Å². The second kappa shape index (κ2) is 12.1. The average molecular weight is 533 g/mol. The van der Waals surface area contributed by atoms with Crippen molar-refractivity contribution >= 4 is 34.5 Å². The van der Waals surface area contributed by atoms with E-state index in [1.54, 1.807) is 18.5 Å². The van der Waals surface area contributed by atoms with Crippen LogP contribution in [0.2, 0.25) is 0 Å². The number of hydrogen-bond donors (Lipinski definition) is 2. The van der Waals surface area contributed by atoms with E-state index < -0.39 is 11.8 Å². The van der Waals surface area contributed by atoms with Crippen LogP contribution in [0.3, 0.4) is 0 Å². The summed E-state index contributed by atoms with van der Waals surface area (Å²) >= 11 is 0. The maximum atomic E-state index is 13.3. The number of fused-ring (bicyclic) bond motifs is 1. The molecule has 2 aliphatic heterocycles. The van der Waals surface area contributed by atoms with Crippen LogP contribution in [-0.2, 0) is 23.8 Å². The van der Waals surface area contributed by atoms with Gasteiger partial charge in [0.05, 0.1) is 6.61 Å². The van der Waals surface area contributed by atoms with E-state index in [2.05, 4.69) is 20.2 Å². The molecule has 2 aromatic heterocycles. The number of nitrogens with one attached hydrogen (secondary N) is 2.